The van der Waals surface area contributed by atoms with Crippen LogP contribution in [0.15, 0.2) is 60.4 Å². The van der Waals surface area contributed by atoms with Gasteiger partial charge in [-0.25, -0.2) is 15.8 Å². The van der Waals surface area contributed by atoms with E-state index in [4.69, 9.17) is 21.3 Å². The van der Waals surface area contributed by atoms with Crippen LogP contribution in [0, 0.1) is 6.92 Å². The highest BCUT2D eigenvalue weighted by atomic mass is 16.5. The van der Waals surface area contributed by atoms with E-state index in [-0.39, 0.29) is 6.10 Å². The Morgan fingerprint density at radius 2 is 1.81 bits per heavy atom. The number of anilines is 2. The number of hydrazine groups is 1. The van der Waals surface area contributed by atoms with Crippen molar-refractivity contribution >= 4 is 17.5 Å². The first-order valence-corrected chi connectivity index (χ1v) is 13.0. The molecule has 0 radical (unpaired) electrons. The van der Waals surface area contributed by atoms with Crippen LogP contribution >= 0.6 is 0 Å². The zero-order valence-electron chi connectivity index (χ0n) is 21.8. The van der Waals surface area contributed by atoms with E-state index in [0.29, 0.717) is 29.6 Å². The molecular formula is C28H38N8O. The number of benzene rings is 1. The fourth-order valence-electron chi connectivity index (χ4n) is 4.43. The van der Waals surface area contributed by atoms with Crippen molar-refractivity contribution in [2.45, 2.75) is 51.6 Å². The third kappa shape index (κ3) is 7.57. The summed E-state index contributed by atoms with van der Waals surface area (Å²) < 4.78 is 6.21. The molecule has 0 spiro atoms. The maximum Gasteiger partial charge on any atom is 0.224 e. The highest BCUT2D eigenvalue weighted by molar-refractivity contribution is 5.64. The molecule has 4 rings (SSSR count). The summed E-state index contributed by atoms with van der Waals surface area (Å²) in [5.41, 5.74) is 10.4. The number of nitrogens with zero attached hydrogens (tertiary/aromatic N) is 4. The Morgan fingerprint density at radius 3 is 2.54 bits per heavy atom. The van der Waals surface area contributed by atoms with Gasteiger partial charge in [-0.05, 0) is 62.8 Å². The molecular weight excluding hydrogens is 464 g/mol. The number of hydrogen-bond donors (Lipinski definition) is 4. The van der Waals surface area contributed by atoms with Crippen molar-refractivity contribution < 1.29 is 4.74 Å². The highest BCUT2D eigenvalue weighted by Gasteiger charge is 2.17. The average molecular weight is 503 g/mol. The molecule has 0 bridgehead atoms. The normalized spacial score (nSPS) is 14.6. The summed E-state index contributed by atoms with van der Waals surface area (Å²) in [5.74, 6) is 8.18. The van der Waals surface area contributed by atoms with Crippen molar-refractivity contribution in [3.8, 4) is 5.75 Å². The molecule has 9 heteroatoms. The largest absolute Gasteiger partial charge is 0.489 e. The van der Waals surface area contributed by atoms with Crippen molar-refractivity contribution in [2.75, 3.05) is 30.8 Å². The lowest BCUT2D eigenvalue weighted by molar-refractivity contribution is 0.153. The van der Waals surface area contributed by atoms with Gasteiger partial charge in [-0.2, -0.15) is 4.98 Å². The zero-order chi connectivity index (χ0) is 26.0. The first kappa shape index (κ1) is 26.2. The molecule has 0 aliphatic heterocycles. The number of pyridine rings is 1. The number of ether oxygens (including phenoxy) is 1. The van der Waals surface area contributed by atoms with Gasteiger partial charge < -0.3 is 26.1 Å². The molecule has 0 saturated heterocycles. The molecule has 0 unspecified atom stereocenters. The minimum Gasteiger partial charge on any atom is -0.489 e. The Morgan fingerprint density at radius 1 is 1.03 bits per heavy atom. The fourth-order valence-corrected chi connectivity index (χ4v) is 4.43. The van der Waals surface area contributed by atoms with Crippen LogP contribution in [0.5, 0.6) is 5.75 Å². The molecule has 0 amide bonds. The molecule has 1 fully saturated rings. The standard InChI is InChI=1S/C28H38N8O/c1-20-25(37-22-11-7-4-8-12-22)14-13-23(34-20)27(29)24(36(2)30)19-33-28-32-18-16-26(35-28)31-17-15-21-9-5-3-6-10-21/h3,5-6,9-10,13-14,16,18,22H,4,7-8,11-12,15,17,19,29-30H2,1-2H3,(H2,31,32,33,35)/b27-24-. The van der Waals surface area contributed by atoms with Gasteiger partial charge in [-0.3, -0.25) is 0 Å². The third-order valence-electron chi connectivity index (χ3n) is 6.53. The predicted octanol–water partition coefficient (Wildman–Crippen LogP) is 4.09. The molecule has 3 aromatic rings. The second kappa shape index (κ2) is 12.9. The lowest BCUT2D eigenvalue weighted by Gasteiger charge is -2.24. The highest BCUT2D eigenvalue weighted by Crippen LogP contribution is 2.26. The maximum atomic E-state index is 6.52. The third-order valence-corrected chi connectivity index (χ3v) is 6.53. The number of nitrogens with one attached hydrogen (secondary N) is 2. The molecule has 1 aliphatic rings. The molecule has 2 heterocycles. The summed E-state index contributed by atoms with van der Waals surface area (Å²) >= 11 is 0. The van der Waals surface area contributed by atoms with E-state index in [2.05, 4.69) is 32.7 Å². The number of hydrogen-bond acceptors (Lipinski definition) is 9. The molecule has 196 valence electrons. The minimum atomic E-state index is 0.270. The summed E-state index contributed by atoms with van der Waals surface area (Å²) in [6, 6.07) is 16.0. The summed E-state index contributed by atoms with van der Waals surface area (Å²) in [4.78, 5) is 13.6. The zero-order valence-corrected chi connectivity index (χ0v) is 21.8. The SMILES string of the molecule is Cc1nc(/C(N)=C(\CNc2nccc(NCCc3ccccc3)n2)N(C)N)ccc1OC1CCCCC1. The average Bonchev–Trinajstić information content (AvgIpc) is 2.91. The lowest BCUT2D eigenvalue weighted by Crippen LogP contribution is -2.32. The summed E-state index contributed by atoms with van der Waals surface area (Å²) in [6.45, 7) is 3.06. The van der Waals surface area contributed by atoms with Gasteiger partial charge in [-0.15, -0.1) is 0 Å². The van der Waals surface area contributed by atoms with Crippen LogP contribution in [0.4, 0.5) is 11.8 Å². The van der Waals surface area contributed by atoms with Gasteiger partial charge in [0.25, 0.3) is 0 Å². The Hall–Kier alpha value is -3.85. The summed E-state index contributed by atoms with van der Waals surface area (Å²) in [5, 5.41) is 8.07. The minimum absolute atomic E-state index is 0.270. The number of aromatic nitrogens is 3. The van der Waals surface area contributed by atoms with Crippen LogP contribution in [-0.4, -0.2) is 46.2 Å². The van der Waals surface area contributed by atoms with Crippen LogP contribution < -0.4 is 26.9 Å². The number of aryl methyl sites for hydroxylation is 1. The number of nitrogens with two attached hydrogens (primary N) is 2. The lowest BCUT2D eigenvalue weighted by atomic mass is 9.98. The van der Waals surface area contributed by atoms with E-state index >= 15 is 0 Å². The molecule has 0 atom stereocenters. The molecule has 2 aromatic heterocycles. The maximum absolute atomic E-state index is 6.52. The van der Waals surface area contributed by atoms with Crippen LogP contribution in [0.2, 0.25) is 0 Å². The van der Waals surface area contributed by atoms with Crippen molar-refractivity contribution in [1.29, 1.82) is 0 Å². The topological polar surface area (TPSA) is 127 Å². The second-order valence-corrected chi connectivity index (χ2v) is 9.41. The van der Waals surface area contributed by atoms with Crippen LogP contribution in [-0.2, 0) is 6.42 Å². The van der Waals surface area contributed by atoms with Crippen molar-refractivity contribution in [3.63, 3.8) is 0 Å². The van der Waals surface area contributed by atoms with E-state index in [1.807, 2.05) is 43.3 Å². The Bertz CT molecular complexity index is 1180. The quantitative estimate of drug-likeness (QED) is 0.226. The first-order chi connectivity index (χ1) is 18.0. The smallest absolute Gasteiger partial charge is 0.224 e. The van der Waals surface area contributed by atoms with Crippen molar-refractivity contribution in [2.24, 2.45) is 11.6 Å². The van der Waals surface area contributed by atoms with E-state index in [9.17, 15) is 0 Å². The number of likely N-dealkylation sites (N-methyl/N-ethyl adjacent to an activating group) is 1. The van der Waals surface area contributed by atoms with Crippen LogP contribution in [0.3, 0.4) is 0 Å². The summed E-state index contributed by atoms with van der Waals surface area (Å²) in [6.07, 6.45) is 8.83. The van der Waals surface area contributed by atoms with Gasteiger partial charge in [0.05, 0.1) is 35.4 Å². The Balaban J connectivity index is 1.38. The first-order valence-electron chi connectivity index (χ1n) is 13.0. The Kier molecular flexibility index (Phi) is 9.15. The van der Waals surface area contributed by atoms with E-state index in [1.54, 1.807) is 13.2 Å². The van der Waals surface area contributed by atoms with Gasteiger partial charge in [0.15, 0.2) is 0 Å². The van der Waals surface area contributed by atoms with E-state index < -0.39 is 0 Å². The van der Waals surface area contributed by atoms with Crippen molar-refractivity contribution in [1.82, 2.24) is 20.0 Å². The monoisotopic (exact) mass is 502 g/mol. The van der Waals surface area contributed by atoms with E-state index in [1.165, 1.54) is 29.8 Å². The number of rotatable bonds is 11. The van der Waals surface area contributed by atoms with Gasteiger partial charge in [-0.1, -0.05) is 36.8 Å². The van der Waals surface area contributed by atoms with Crippen LogP contribution in [0.25, 0.3) is 5.70 Å². The van der Waals surface area contributed by atoms with Crippen LogP contribution in [0.1, 0.15) is 49.1 Å². The van der Waals surface area contributed by atoms with Gasteiger partial charge in [0.2, 0.25) is 5.95 Å². The molecule has 1 aliphatic carbocycles. The molecule has 6 N–H and O–H groups in total. The second-order valence-electron chi connectivity index (χ2n) is 9.41. The fraction of sp³-hybridized carbons (Fsp3) is 0.393. The molecule has 1 saturated carbocycles. The Labute approximate surface area is 219 Å². The molecule has 1 aromatic carbocycles. The van der Waals surface area contributed by atoms with E-state index in [0.717, 1.165) is 43.1 Å². The predicted molar refractivity (Wildman–Crippen MR) is 149 cm³/mol. The van der Waals surface area contributed by atoms with Gasteiger partial charge in [0.1, 0.15) is 11.6 Å². The summed E-state index contributed by atoms with van der Waals surface area (Å²) in [7, 11) is 1.75. The van der Waals surface area contributed by atoms with Gasteiger partial charge >= 0.3 is 0 Å². The molecule has 9 nitrogen and oxygen atoms in total. The van der Waals surface area contributed by atoms with Crippen molar-refractivity contribution in [3.05, 3.63) is 77.4 Å². The molecule has 37 heavy (non-hydrogen) atoms. The van der Waals surface area contributed by atoms with Gasteiger partial charge in [0, 0.05) is 19.8 Å².